The number of aliphatic hydroxyl groups is 1. The Bertz CT molecular complexity index is 667. The number of hydrogen-bond acceptors (Lipinski definition) is 10. The lowest BCUT2D eigenvalue weighted by Crippen LogP contribution is -2.28. The van der Waals surface area contributed by atoms with Gasteiger partial charge in [0.1, 0.15) is 10.9 Å². The third-order valence-electron chi connectivity index (χ3n) is 2.87. The van der Waals surface area contributed by atoms with E-state index in [2.05, 4.69) is 21.5 Å². The first kappa shape index (κ1) is 22.6. The molecule has 0 bridgehead atoms. The van der Waals surface area contributed by atoms with E-state index in [1.165, 1.54) is 0 Å². The van der Waals surface area contributed by atoms with Crippen molar-refractivity contribution in [2.24, 2.45) is 0 Å². The molecule has 144 valence electrons. The van der Waals surface area contributed by atoms with Gasteiger partial charge in [-0.25, -0.2) is 9.18 Å². The Balaban J connectivity index is 0.00000151. The Kier molecular flexibility index (Phi) is 9.09. The number of nitrogens with one attached hydrogen (secondary N) is 1. The summed E-state index contributed by atoms with van der Waals surface area (Å²) < 4.78 is 28.5. The fourth-order valence-corrected chi connectivity index (χ4v) is 3.32. The maximum atomic E-state index is 13.4. The van der Waals surface area contributed by atoms with Crippen LogP contribution in [0.5, 0.6) is 0 Å². The van der Waals surface area contributed by atoms with Crippen molar-refractivity contribution >= 4 is 29.0 Å². The number of ether oxygens (including phenoxy) is 1. The molecule has 1 aromatic heterocycles. The summed E-state index contributed by atoms with van der Waals surface area (Å²) in [6, 6.07) is 0. The second-order valence-corrected chi connectivity index (χ2v) is 7.38. The summed E-state index contributed by atoms with van der Waals surface area (Å²) >= 11 is 4.61. The third-order valence-corrected chi connectivity index (χ3v) is 4.97. The largest absolute Gasteiger partial charge is 0.575 e. The lowest BCUT2D eigenvalue weighted by Gasteiger charge is -2.16. The SMILES string of the molecule is CO.O=c1[nH]c(=S)c(F)cn1C1CCC(COP(O)O[P+](O)(O)O)O1. The van der Waals surface area contributed by atoms with E-state index in [1.54, 1.807) is 0 Å². The topological polar surface area (TPSA) is 167 Å². The Labute approximate surface area is 147 Å². The predicted octanol–water partition coefficient (Wildman–Crippen LogP) is 0.238. The van der Waals surface area contributed by atoms with Crippen LogP contribution in [-0.2, 0) is 13.6 Å². The van der Waals surface area contributed by atoms with Crippen LogP contribution in [0.15, 0.2) is 11.0 Å². The van der Waals surface area contributed by atoms with E-state index in [-0.39, 0.29) is 11.2 Å². The van der Waals surface area contributed by atoms with Crippen LogP contribution in [0.3, 0.4) is 0 Å². The molecule has 0 spiro atoms. The van der Waals surface area contributed by atoms with Gasteiger partial charge in [0.15, 0.2) is 5.82 Å². The summed E-state index contributed by atoms with van der Waals surface area (Å²) in [6.45, 7) is -0.182. The second kappa shape index (κ2) is 10.0. The van der Waals surface area contributed by atoms with Gasteiger partial charge < -0.3 is 19.3 Å². The summed E-state index contributed by atoms with van der Waals surface area (Å²) in [6.07, 6.45) is 0.499. The number of rotatable bonds is 6. The Morgan fingerprint density at radius 1 is 1.48 bits per heavy atom. The van der Waals surface area contributed by atoms with Crippen molar-refractivity contribution in [3.8, 4) is 0 Å². The van der Waals surface area contributed by atoms with Crippen molar-refractivity contribution in [1.82, 2.24) is 9.55 Å². The highest BCUT2D eigenvalue weighted by Crippen LogP contribution is 2.57. The Morgan fingerprint density at radius 2 is 2.12 bits per heavy atom. The van der Waals surface area contributed by atoms with Gasteiger partial charge >= 0.3 is 22.5 Å². The molecule has 25 heavy (non-hydrogen) atoms. The molecule has 11 nitrogen and oxygen atoms in total. The Hall–Kier alpha value is -0.430. The zero-order valence-electron chi connectivity index (χ0n) is 12.9. The highest BCUT2D eigenvalue weighted by molar-refractivity contribution is 7.71. The number of hydrogen-bond donors (Lipinski definition) is 6. The summed E-state index contributed by atoms with van der Waals surface area (Å²) in [7, 11) is -6.30. The molecule has 3 unspecified atom stereocenters. The minimum absolute atomic E-state index is 0.182. The van der Waals surface area contributed by atoms with E-state index in [0.29, 0.717) is 12.8 Å². The van der Waals surface area contributed by atoms with Gasteiger partial charge in [0.2, 0.25) is 0 Å². The van der Waals surface area contributed by atoms with E-state index < -0.39 is 40.6 Å². The fourth-order valence-electron chi connectivity index (χ4n) is 1.95. The quantitative estimate of drug-likeness (QED) is 0.276. The minimum atomic E-state index is -4.60. The normalized spacial score (nSPS) is 21.6. The monoisotopic (exact) mass is 423 g/mol. The van der Waals surface area contributed by atoms with Crippen LogP contribution >= 0.6 is 29.0 Å². The van der Waals surface area contributed by atoms with Crippen molar-refractivity contribution < 1.29 is 42.6 Å². The standard InChI is InChI=1S/C9H13FN2O8P2S.CH4O/c10-6-3-12(9(13)11-8(6)23)7-2-1-5(19-7)4-18-21(14)20-22(15,16)17;1-2/h3,5,7,14-17H,1-2,4H2;2H,1H3/p+1. The average Bonchev–Trinajstić information content (AvgIpc) is 2.98. The van der Waals surface area contributed by atoms with Crippen molar-refractivity contribution in [3.63, 3.8) is 0 Å². The molecule has 1 fully saturated rings. The molecular formula is C10H18FN2O9P2S+. The van der Waals surface area contributed by atoms with Crippen LogP contribution in [0.4, 0.5) is 4.39 Å². The number of H-pyrrole nitrogens is 1. The molecule has 3 atom stereocenters. The van der Waals surface area contributed by atoms with Crippen molar-refractivity contribution in [3.05, 3.63) is 27.1 Å². The van der Waals surface area contributed by atoms with E-state index in [4.69, 9.17) is 29.0 Å². The molecule has 0 aliphatic carbocycles. The van der Waals surface area contributed by atoms with Crippen molar-refractivity contribution in [2.75, 3.05) is 13.7 Å². The van der Waals surface area contributed by atoms with Gasteiger partial charge in [0, 0.05) is 7.11 Å². The van der Waals surface area contributed by atoms with E-state index >= 15 is 0 Å². The number of halogens is 1. The lowest BCUT2D eigenvalue weighted by molar-refractivity contribution is -0.0222. The van der Waals surface area contributed by atoms with Crippen LogP contribution < -0.4 is 5.69 Å². The van der Waals surface area contributed by atoms with Crippen LogP contribution in [0.2, 0.25) is 0 Å². The maximum Gasteiger partial charge on any atom is 0.575 e. The molecular weight excluding hydrogens is 405 g/mol. The van der Waals surface area contributed by atoms with Gasteiger partial charge in [-0.05, 0) is 12.8 Å². The van der Waals surface area contributed by atoms with Gasteiger partial charge in [-0.1, -0.05) is 16.5 Å². The first-order valence-corrected chi connectivity index (χ1v) is 9.76. The van der Waals surface area contributed by atoms with Crippen LogP contribution in [0, 0.1) is 10.5 Å². The smallest absolute Gasteiger partial charge is 0.400 e. The highest BCUT2D eigenvalue weighted by atomic mass is 32.1. The first-order chi connectivity index (χ1) is 11.7. The zero-order valence-corrected chi connectivity index (χ0v) is 15.5. The molecule has 2 heterocycles. The molecule has 15 heteroatoms. The minimum Gasteiger partial charge on any atom is -0.400 e. The van der Waals surface area contributed by atoms with Gasteiger partial charge in [-0.2, -0.15) is 14.7 Å². The van der Waals surface area contributed by atoms with E-state index in [9.17, 15) is 14.1 Å². The maximum absolute atomic E-state index is 13.4. The second-order valence-electron chi connectivity index (χ2n) is 4.56. The van der Waals surface area contributed by atoms with E-state index in [1.807, 2.05) is 0 Å². The number of nitrogens with zero attached hydrogens (tertiary/aromatic N) is 1. The molecule has 2 rings (SSSR count). The molecule has 1 aliphatic heterocycles. The number of aromatic amines is 1. The first-order valence-electron chi connectivity index (χ1n) is 6.66. The number of aliphatic hydroxyl groups excluding tert-OH is 1. The Morgan fingerprint density at radius 3 is 2.72 bits per heavy atom. The molecule has 0 radical (unpaired) electrons. The summed E-state index contributed by atoms with van der Waals surface area (Å²) in [4.78, 5) is 49.0. The molecule has 0 aromatic carbocycles. The van der Waals surface area contributed by atoms with Gasteiger partial charge in [-0.15, -0.1) is 0 Å². The molecule has 0 amide bonds. The van der Waals surface area contributed by atoms with Crippen LogP contribution in [-0.4, -0.2) is 54.1 Å². The van der Waals surface area contributed by atoms with Crippen molar-refractivity contribution in [1.29, 1.82) is 0 Å². The summed E-state index contributed by atoms with van der Waals surface area (Å²) in [5.74, 6) is -0.760. The van der Waals surface area contributed by atoms with Gasteiger partial charge in [0.25, 0.3) is 0 Å². The van der Waals surface area contributed by atoms with Crippen LogP contribution in [0.1, 0.15) is 19.1 Å². The molecule has 1 aromatic rings. The van der Waals surface area contributed by atoms with Gasteiger partial charge in [-0.3, -0.25) is 9.55 Å². The molecule has 6 N–H and O–H groups in total. The zero-order chi connectivity index (χ0) is 19.2. The predicted molar refractivity (Wildman–Crippen MR) is 86.9 cm³/mol. The lowest BCUT2D eigenvalue weighted by atomic mass is 10.2. The molecule has 1 saturated heterocycles. The molecule has 1 aliphatic rings. The van der Waals surface area contributed by atoms with E-state index in [0.717, 1.165) is 17.9 Å². The third kappa shape index (κ3) is 7.37. The number of aromatic nitrogens is 2. The fraction of sp³-hybridized carbons (Fsp3) is 0.600. The molecule has 0 saturated carbocycles. The van der Waals surface area contributed by atoms with Crippen LogP contribution in [0.25, 0.3) is 0 Å². The highest BCUT2D eigenvalue weighted by Gasteiger charge is 2.39. The van der Waals surface area contributed by atoms with Crippen molar-refractivity contribution in [2.45, 2.75) is 25.2 Å². The van der Waals surface area contributed by atoms with Gasteiger partial charge in [0.05, 0.1) is 18.9 Å². The summed E-state index contributed by atoms with van der Waals surface area (Å²) in [5.41, 5.74) is -0.619. The summed E-state index contributed by atoms with van der Waals surface area (Å²) in [5, 5.41) is 7.00. The average molecular weight is 423 g/mol.